The molecule has 1 saturated carbocycles. The molecule has 0 atom stereocenters. The predicted molar refractivity (Wildman–Crippen MR) is 83.1 cm³/mol. The minimum atomic E-state index is -3.36. The second-order valence-corrected chi connectivity index (χ2v) is 7.03. The highest BCUT2D eigenvalue weighted by Crippen LogP contribution is 2.23. The summed E-state index contributed by atoms with van der Waals surface area (Å²) in [6.07, 6.45) is 3.94. The van der Waals surface area contributed by atoms with Crippen molar-refractivity contribution in [2.75, 3.05) is 19.7 Å². The molecule has 0 bridgehead atoms. The first-order valence-electron chi connectivity index (χ1n) is 7.58. The molecular formula is C15H24N2O3S. The summed E-state index contributed by atoms with van der Waals surface area (Å²) < 4.78 is 32.2. The Morgan fingerprint density at radius 1 is 1.19 bits per heavy atom. The molecule has 1 aromatic rings. The van der Waals surface area contributed by atoms with Gasteiger partial charge in [-0.1, -0.05) is 6.92 Å². The summed E-state index contributed by atoms with van der Waals surface area (Å²) in [7, 11) is -3.36. The lowest BCUT2D eigenvalue weighted by Gasteiger charge is -2.09. The van der Waals surface area contributed by atoms with Crippen LogP contribution in [-0.2, 0) is 10.0 Å². The molecule has 0 radical (unpaired) electrons. The molecule has 0 heterocycles. The lowest BCUT2D eigenvalue weighted by atomic mass is 10.3. The Bertz CT molecular complexity index is 524. The Balaban J connectivity index is 1.76. The van der Waals surface area contributed by atoms with E-state index in [9.17, 15) is 8.42 Å². The third kappa shape index (κ3) is 5.65. The van der Waals surface area contributed by atoms with Crippen LogP contribution >= 0.6 is 0 Å². The monoisotopic (exact) mass is 312 g/mol. The average Bonchev–Trinajstić information content (AvgIpc) is 3.26. The first kappa shape index (κ1) is 16.3. The van der Waals surface area contributed by atoms with Gasteiger partial charge in [-0.15, -0.1) is 0 Å². The van der Waals surface area contributed by atoms with Gasteiger partial charge in [0.15, 0.2) is 0 Å². The highest BCUT2D eigenvalue weighted by molar-refractivity contribution is 7.89. The normalized spacial score (nSPS) is 15.1. The molecule has 2 N–H and O–H groups in total. The number of benzene rings is 1. The van der Waals surface area contributed by atoms with Crippen molar-refractivity contribution in [1.82, 2.24) is 10.0 Å². The highest BCUT2D eigenvalue weighted by atomic mass is 32.2. The van der Waals surface area contributed by atoms with Gasteiger partial charge in [-0.25, -0.2) is 13.1 Å². The van der Waals surface area contributed by atoms with E-state index in [1.165, 1.54) is 0 Å². The maximum atomic E-state index is 12.0. The Kier molecular flexibility index (Phi) is 6.02. The minimum absolute atomic E-state index is 0.126. The topological polar surface area (TPSA) is 67.4 Å². The van der Waals surface area contributed by atoms with Crippen molar-refractivity contribution in [3.05, 3.63) is 24.3 Å². The van der Waals surface area contributed by atoms with Crippen molar-refractivity contribution in [2.45, 2.75) is 43.5 Å². The predicted octanol–water partition coefficient (Wildman–Crippen LogP) is 1.90. The van der Waals surface area contributed by atoms with Gasteiger partial charge in [0.25, 0.3) is 0 Å². The van der Waals surface area contributed by atoms with Gasteiger partial charge < -0.3 is 10.1 Å². The van der Waals surface area contributed by atoms with Crippen LogP contribution in [0.25, 0.3) is 0 Å². The summed E-state index contributed by atoms with van der Waals surface area (Å²) in [6.45, 7) is 4.73. The first-order chi connectivity index (χ1) is 10.1. The molecule has 0 spiro atoms. The largest absolute Gasteiger partial charge is 0.494 e. The fourth-order valence-corrected chi connectivity index (χ4v) is 3.20. The molecule has 118 valence electrons. The van der Waals surface area contributed by atoms with Crippen molar-refractivity contribution in [2.24, 2.45) is 0 Å². The van der Waals surface area contributed by atoms with Crippen LogP contribution in [-0.4, -0.2) is 34.2 Å². The molecule has 6 heteroatoms. The number of ether oxygens (including phenoxy) is 1. The second kappa shape index (κ2) is 7.77. The molecule has 1 aliphatic carbocycles. The van der Waals surface area contributed by atoms with Crippen molar-refractivity contribution >= 4 is 10.0 Å². The zero-order chi connectivity index (χ0) is 15.1. The Morgan fingerprint density at radius 3 is 2.52 bits per heavy atom. The van der Waals surface area contributed by atoms with E-state index in [4.69, 9.17) is 4.74 Å². The Hall–Kier alpha value is -1.11. The SMILES string of the molecule is CCCNCCCOc1ccc(S(=O)(=O)NC2CC2)cc1. The van der Waals surface area contributed by atoms with Crippen LogP contribution in [0.1, 0.15) is 32.6 Å². The van der Waals surface area contributed by atoms with Crippen LogP contribution in [0.2, 0.25) is 0 Å². The molecule has 0 saturated heterocycles. The third-order valence-corrected chi connectivity index (χ3v) is 4.76. The van der Waals surface area contributed by atoms with Gasteiger partial charge in [-0.05, 0) is 63.0 Å². The van der Waals surface area contributed by atoms with Gasteiger partial charge >= 0.3 is 0 Å². The molecule has 0 aliphatic heterocycles. The molecule has 1 aromatic carbocycles. The van der Waals surface area contributed by atoms with Crippen LogP contribution in [0, 0.1) is 0 Å². The number of rotatable bonds is 10. The smallest absolute Gasteiger partial charge is 0.240 e. The van der Waals surface area contributed by atoms with Crippen LogP contribution in [0.5, 0.6) is 5.75 Å². The molecule has 0 amide bonds. The summed E-state index contributed by atoms with van der Waals surface area (Å²) in [5, 5.41) is 3.31. The lowest BCUT2D eigenvalue weighted by molar-refractivity contribution is 0.308. The zero-order valence-corrected chi connectivity index (χ0v) is 13.3. The van der Waals surface area contributed by atoms with Gasteiger partial charge in [0.2, 0.25) is 10.0 Å². The van der Waals surface area contributed by atoms with Crippen LogP contribution in [0.3, 0.4) is 0 Å². The third-order valence-electron chi connectivity index (χ3n) is 3.23. The van der Waals surface area contributed by atoms with E-state index in [1.807, 2.05) is 0 Å². The quantitative estimate of drug-likeness (QED) is 0.648. The molecular weight excluding hydrogens is 288 g/mol. The molecule has 2 rings (SSSR count). The summed E-state index contributed by atoms with van der Waals surface area (Å²) in [6, 6.07) is 6.73. The Labute approximate surface area is 127 Å². The molecule has 1 fully saturated rings. The van der Waals surface area contributed by atoms with Gasteiger partial charge in [0.05, 0.1) is 11.5 Å². The van der Waals surface area contributed by atoms with Crippen LogP contribution < -0.4 is 14.8 Å². The van der Waals surface area contributed by atoms with Gasteiger partial charge in [0.1, 0.15) is 5.75 Å². The Morgan fingerprint density at radius 2 is 1.90 bits per heavy atom. The standard InChI is InChI=1S/C15H24N2O3S/c1-2-10-16-11-3-12-20-14-6-8-15(9-7-14)21(18,19)17-13-4-5-13/h6-9,13,16-17H,2-5,10-12H2,1H3. The fourth-order valence-electron chi connectivity index (χ4n) is 1.89. The summed E-state index contributed by atoms with van der Waals surface area (Å²) in [5.41, 5.74) is 0. The van der Waals surface area contributed by atoms with E-state index in [0.29, 0.717) is 17.3 Å². The maximum Gasteiger partial charge on any atom is 0.240 e. The van der Waals surface area contributed by atoms with Gasteiger partial charge in [-0.3, -0.25) is 0 Å². The lowest BCUT2D eigenvalue weighted by Crippen LogP contribution is -2.25. The van der Waals surface area contributed by atoms with E-state index in [0.717, 1.165) is 38.8 Å². The van der Waals surface area contributed by atoms with E-state index in [-0.39, 0.29) is 6.04 Å². The molecule has 0 aromatic heterocycles. The van der Waals surface area contributed by atoms with Crippen LogP contribution in [0.15, 0.2) is 29.2 Å². The zero-order valence-electron chi connectivity index (χ0n) is 12.5. The summed E-state index contributed by atoms with van der Waals surface area (Å²) in [4.78, 5) is 0.298. The molecule has 21 heavy (non-hydrogen) atoms. The maximum absolute atomic E-state index is 12.0. The van der Waals surface area contributed by atoms with E-state index >= 15 is 0 Å². The van der Waals surface area contributed by atoms with Crippen molar-refractivity contribution in [1.29, 1.82) is 0 Å². The molecule has 0 unspecified atom stereocenters. The van der Waals surface area contributed by atoms with Crippen molar-refractivity contribution < 1.29 is 13.2 Å². The number of hydrogen-bond acceptors (Lipinski definition) is 4. The fraction of sp³-hybridized carbons (Fsp3) is 0.600. The average molecular weight is 312 g/mol. The molecule has 1 aliphatic rings. The van der Waals surface area contributed by atoms with E-state index in [1.54, 1.807) is 24.3 Å². The van der Waals surface area contributed by atoms with Crippen LogP contribution in [0.4, 0.5) is 0 Å². The van der Waals surface area contributed by atoms with E-state index < -0.39 is 10.0 Å². The van der Waals surface area contributed by atoms with Gasteiger partial charge in [0, 0.05) is 6.04 Å². The number of hydrogen-bond donors (Lipinski definition) is 2. The minimum Gasteiger partial charge on any atom is -0.494 e. The summed E-state index contributed by atoms with van der Waals surface area (Å²) >= 11 is 0. The number of nitrogens with one attached hydrogen (secondary N) is 2. The number of sulfonamides is 1. The highest BCUT2D eigenvalue weighted by Gasteiger charge is 2.27. The first-order valence-corrected chi connectivity index (χ1v) is 9.06. The van der Waals surface area contributed by atoms with Crippen molar-refractivity contribution in [3.63, 3.8) is 0 Å². The summed E-state index contributed by atoms with van der Waals surface area (Å²) in [5.74, 6) is 0.705. The van der Waals surface area contributed by atoms with Crippen molar-refractivity contribution in [3.8, 4) is 5.75 Å². The van der Waals surface area contributed by atoms with Gasteiger partial charge in [-0.2, -0.15) is 0 Å². The molecule has 5 nitrogen and oxygen atoms in total. The second-order valence-electron chi connectivity index (χ2n) is 5.32. The van der Waals surface area contributed by atoms with E-state index in [2.05, 4.69) is 17.0 Å².